The van der Waals surface area contributed by atoms with E-state index in [-0.39, 0.29) is 11.5 Å². The molecule has 4 rings (SSSR count). The summed E-state index contributed by atoms with van der Waals surface area (Å²) in [4.78, 5) is 30.3. The Morgan fingerprint density at radius 1 is 1.13 bits per heavy atom. The average Bonchev–Trinajstić information content (AvgIpc) is 3.01. The maximum absolute atomic E-state index is 12.8. The smallest absolute Gasteiger partial charge is 0.259 e. The molecule has 1 N–H and O–H groups in total. The Kier molecular flexibility index (Phi) is 6.04. The van der Waals surface area contributed by atoms with E-state index in [4.69, 9.17) is 0 Å². The number of carbonyl (C=O) groups excluding carboxylic acids is 1. The highest BCUT2D eigenvalue weighted by Gasteiger charge is 2.17. The summed E-state index contributed by atoms with van der Waals surface area (Å²) in [6, 6.07) is 9.86. The van der Waals surface area contributed by atoms with E-state index in [9.17, 15) is 9.59 Å². The molecule has 2 aromatic heterocycles. The molecule has 1 aliphatic heterocycles. The van der Waals surface area contributed by atoms with Crippen molar-refractivity contribution in [3.8, 4) is 11.1 Å². The van der Waals surface area contributed by atoms with Crippen molar-refractivity contribution >= 4 is 33.0 Å². The molecule has 0 atom stereocenters. The SMILES string of the molecule is CC(=O)Nc1cccc(-c2cn(C)c(=O)c3cc(CN4CCCN(C)CC4)sc23)c1. The molecule has 1 aromatic carbocycles. The van der Waals surface area contributed by atoms with Gasteiger partial charge >= 0.3 is 0 Å². The molecule has 1 aliphatic rings. The first-order chi connectivity index (χ1) is 14.4. The lowest BCUT2D eigenvalue weighted by atomic mass is 10.1. The highest BCUT2D eigenvalue weighted by atomic mass is 32.1. The minimum Gasteiger partial charge on any atom is -0.326 e. The first-order valence-corrected chi connectivity index (χ1v) is 11.1. The number of aryl methyl sites for hydroxylation is 1. The van der Waals surface area contributed by atoms with E-state index in [1.807, 2.05) is 30.5 Å². The minimum atomic E-state index is -0.0979. The van der Waals surface area contributed by atoms with Gasteiger partial charge in [0.15, 0.2) is 0 Å². The molecule has 0 bridgehead atoms. The number of amides is 1. The third kappa shape index (κ3) is 4.48. The van der Waals surface area contributed by atoms with Gasteiger partial charge in [-0.1, -0.05) is 12.1 Å². The quantitative estimate of drug-likeness (QED) is 0.698. The Morgan fingerprint density at radius 3 is 2.77 bits per heavy atom. The van der Waals surface area contributed by atoms with E-state index in [1.54, 1.807) is 23.0 Å². The molecule has 1 amide bonds. The highest BCUT2D eigenvalue weighted by molar-refractivity contribution is 7.19. The van der Waals surface area contributed by atoms with Crippen LogP contribution in [0.15, 0.2) is 41.3 Å². The lowest BCUT2D eigenvalue weighted by molar-refractivity contribution is -0.114. The number of aromatic nitrogens is 1. The fourth-order valence-corrected chi connectivity index (χ4v) is 5.25. The molecule has 3 heterocycles. The number of nitrogens with zero attached hydrogens (tertiary/aromatic N) is 3. The summed E-state index contributed by atoms with van der Waals surface area (Å²) in [5.74, 6) is -0.0979. The van der Waals surface area contributed by atoms with Crippen molar-refractivity contribution in [2.24, 2.45) is 7.05 Å². The molecule has 30 heavy (non-hydrogen) atoms. The second kappa shape index (κ2) is 8.71. The van der Waals surface area contributed by atoms with E-state index in [0.29, 0.717) is 0 Å². The largest absolute Gasteiger partial charge is 0.326 e. The molecule has 0 spiro atoms. The van der Waals surface area contributed by atoms with Crippen LogP contribution >= 0.6 is 11.3 Å². The van der Waals surface area contributed by atoms with Crippen LogP contribution in [0.1, 0.15) is 18.2 Å². The molecule has 1 fully saturated rings. The molecule has 0 aliphatic carbocycles. The van der Waals surface area contributed by atoms with Crippen LogP contribution in [0.3, 0.4) is 0 Å². The fourth-order valence-electron chi connectivity index (χ4n) is 4.03. The van der Waals surface area contributed by atoms with Crippen LogP contribution in [0.5, 0.6) is 0 Å². The van der Waals surface area contributed by atoms with Gasteiger partial charge in [0.25, 0.3) is 5.56 Å². The van der Waals surface area contributed by atoms with E-state index >= 15 is 0 Å². The minimum absolute atomic E-state index is 0.0323. The van der Waals surface area contributed by atoms with Crippen LogP contribution in [0.2, 0.25) is 0 Å². The van der Waals surface area contributed by atoms with Gasteiger partial charge in [-0.2, -0.15) is 0 Å². The van der Waals surface area contributed by atoms with Crippen LogP contribution < -0.4 is 10.9 Å². The topological polar surface area (TPSA) is 57.6 Å². The van der Waals surface area contributed by atoms with Gasteiger partial charge in [-0.3, -0.25) is 14.5 Å². The monoisotopic (exact) mass is 424 g/mol. The number of carbonyl (C=O) groups is 1. The van der Waals surface area contributed by atoms with Crippen molar-refractivity contribution in [2.75, 3.05) is 38.5 Å². The number of hydrogen-bond acceptors (Lipinski definition) is 5. The van der Waals surface area contributed by atoms with Gasteiger partial charge < -0.3 is 14.8 Å². The summed E-state index contributed by atoms with van der Waals surface area (Å²) >= 11 is 1.71. The summed E-state index contributed by atoms with van der Waals surface area (Å²) in [7, 11) is 3.97. The van der Waals surface area contributed by atoms with Gasteiger partial charge in [0.2, 0.25) is 5.91 Å². The van der Waals surface area contributed by atoms with Crippen molar-refractivity contribution in [3.05, 3.63) is 51.8 Å². The fraction of sp³-hybridized carbons (Fsp3) is 0.391. The molecular formula is C23H28N4O2S. The number of rotatable bonds is 4. The van der Waals surface area contributed by atoms with Gasteiger partial charge in [0, 0.05) is 60.6 Å². The normalized spacial score (nSPS) is 16.0. The molecule has 7 heteroatoms. The van der Waals surface area contributed by atoms with Gasteiger partial charge in [-0.05, 0) is 50.3 Å². The summed E-state index contributed by atoms with van der Waals surface area (Å²) < 4.78 is 2.67. The van der Waals surface area contributed by atoms with Crippen molar-refractivity contribution in [1.29, 1.82) is 0 Å². The number of thiophene rings is 1. The summed E-state index contributed by atoms with van der Waals surface area (Å²) in [6.45, 7) is 6.73. The number of fused-ring (bicyclic) bond motifs is 1. The zero-order valence-electron chi connectivity index (χ0n) is 17.8. The number of pyridine rings is 1. The molecule has 3 aromatic rings. The first-order valence-electron chi connectivity index (χ1n) is 10.3. The van der Waals surface area contributed by atoms with Gasteiger partial charge in [0.05, 0.1) is 5.39 Å². The Hall–Kier alpha value is -2.48. The first kappa shape index (κ1) is 20.8. The van der Waals surface area contributed by atoms with Crippen LogP contribution in [0.4, 0.5) is 5.69 Å². The van der Waals surface area contributed by atoms with Crippen LogP contribution in [-0.2, 0) is 18.4 Å². The van der Waals surface area contributed by atoms with Crippen molar-refractivity contribution in [2.45, 2.75) is 19.9 Å². The molecule has 6 nitrogen and oxygen atoms in total. The highest BCUT2D eigenvalue weighted by Crippen LogP contribution is 2.34. The number of nitrogens with one attached hydrogen (secondary N) is 1. The molecule has 0 unspecified atom stereocenters. The van der Waals surface area contributed by atoms with Crippen LogP contribution in [0.25, 0.3) is 21.2 Å². The number of hydrogen-bond donors (Lipinski definition) is 1. The lowest BCUT2D eigenvalue weighted by Gasteiger charge is -2.18. The summed E-state index contributed by atoms with van der Waals surface area (Å²) in [5.41, 5.74) is 2.80. The zero-order valence-corrected chi connectivity index (χ0v) is 18.6. The maximum atomic E-state index is 12.8. The average molecular weight is 425 g/mol. The second-order valence-corrected chi connectivity index (χ2v) is 9.25. The standard InChI is InChI=1S/C23H28N4O2S/c1-16(28)24-18-7-4-6-17(12-18)21-15-26(3)23(29)20-13-19(30-22(20)21)14-27-9-5-8-25(2)10-11-27/h4,6-7,12-13,15H,5,8-11,14H2,1-3H3,(H,24,28). The third-order valence-corrected chi connectivity index (χ3v) is 6.74. The van der Waals surface area contributed by atoms with Gasteiger partial charge in [-0.25, -0.2) is 0 Å². The summed E-state index contributed by atoms with van der Waals surface area (Å²) in [6.07, 6.45) is 3.07. The van der Waals surface area contributed by atoms with Crippen LogP contribution in [-0.4, -0.2) is 53.5 Å². The summed E-state index contributed by atoms with van der Waals surface area (Å²) in [5, 5.41) is 3.61. The van der Waals surface area contributed by atoms with Crippen LogP contribution in [0, 0.1) is 0 Å². The molecular weight excluding hydrogens is 396 g/mol. The Labute approximate surface area is 180 Å². The molecule has 1 saturated heterocycles. The number of anilines is 1. The van der Waals surface area contributed by atoms with E-state index < -0.39 is 0 Å². The number of likely N-dealkylation sites (N-methyl/N-ethyl adjacent to an activating group) is 1. The second-order valence-electron chi connectivity index (χ2n) is 8.11. The van der Waals surface area contributed by atoms with E-state index in [2.05, 4.69) is 28.2 Å². The maximum Gasteiger partial charge on any atom is 0.259 e. The Bertz CT molecular complexity index is 1130. The number of benzene rings is 1. The van der Waals surface area contributed by atoms with E-state index in [0.717, 1.165) is 59.6 Å². The van der Waals surface area contributed by atoms with Crippen molar-refractivity contribution in [3.63, 3.8) is 0 Å². The van der Waals surface area contributed by atoms with E-state index in [1.165, 1.54) is 18.2 Å². The Morgan fingerprint density at radius 2 is 1.97 bits per heavy atom. The van der Waals surface area contributed by atoms with Gasteiger partial charge in [-0.15, -0.1) is 11.3 Å². The molecule has 0 saturated carbocycles. The molecule has 0 radical (unpaired) electrons. The molecule has 158 valence electrons. The van der Waals surface area contributed by atoms with Gasteiger partial charge in [0.1, 0.15) is 0 Å². The predicted octanol–water partition coefficient (Wildman–Crippen LogP) is 3.36. The van der Waals surface area contributed by atoms with Crippen molar-refractivity contribution in [1.82, 2.24) is 14.4 Å². The lowest BCUT2D eigenvalue weighted by Crippen LogP contribution is -2.28. The van der Waals surface area contributed by atoms with Crippen molar-refractivity contribution < 1.29 is 4.79 Å². The predicted molar refractivity (Wildman–Crippen MR) is 124 cm³/mol. The Balaban J connectivity index is 1.72. The third-order valence-electron chi connectivity index (χ3n) is 5.59. The zero-order chi connectivity index (χ0) is 21.3.